The minimum absolute atomic E-state index is 0.0308. The second-order valence-electron chi connectivity index (χ2n) is 17.2. The molecule has 3 fully saturated rings. The van der Waals surface area contributed by atoms with Gasteiger partial charge in [-0.1, -0.05) is 37.0 Å². The molecule has 4 rings (SSSR count). The lowest BCUT2D eigenvalue weighted by molar-refractivity contribution is -0.250. The predicted molar refractivity (Wildman–Crippen MR) is 220 cm³/mol. The SMILES string of the molecule is CC(C)C[C@@H]1NC(=O)[C@@H](N(C)C(=O)[C@@H](NC(=O)[C@@H]2C[C@@H](F)CN2C(=O)[C@@](C)(O)C(F)(F)F)C2CC2)CCCCN(C)C(=O)[C@@H](C)NC(=O)[C@H](Cc2cc(Cl)ccc2Cl)N(C)C1=O. The molecule has 15 nitrogen and oxygen atoms in total. The van der Waals surface area contributed by atoms with E-state index >= 15 is 0 Å². The lowest BCUT2D eigenvalue weighted by Crippen LogP contribution is -2.61. The number of hydrogen-bond acceptors (Lipinski definition) is 8. The third-order valence-electron chi connectivity index (χ3n) is 11.7. The largest absolute Gasteiger partial charge is 0.426 e. The van der Waals surface area contributed by atoms with Crippen LogP contribution in [0.3, 0.4) is 0 Å². The first kappa shape index (κ1) is 50.4. The summed E-state index contributed by atoms with van der Waals surface area (Å²) >= 11 is 12.7. The molecule has 1 aromatic carbocycles. The summed E-state index contributed by atoms with van der Waals surface area (Å²) in [6.45, 7) is 4.68. The van der Waals surface area contributed by atoms with Crippen molar-refractivity contribution in [2.45, 2.75) is 133 Å². The number of carbonyl (C=O) groups excluding carboxylic acids is 7. The Morgan fingerprint density at radius 1 is 1.00 bits per heavy atom. The van der Waals surface area contributed by atoms with Gasteiger partial charge in [0.2, 0.25) is 41.0 Å². The number of carbonyl (C=O) groups is 7. The van der Waals surface area contributed by atoms with Gasteiger partial charge in [-0.3, -0.25) is 33.6 Å². The number of rotatable bonds is 10. The van der Waals surface area contributed by atoms with Gasteiger partial charge in [0.1, 0.15) is 42.4 Å². The highest BCUT2D eigenvalue weighted by Crippen LogP contribution is 2.36. The molecule has 3 aliphatic rings. The smallest absolute Gasteiger partial charge is 0.373 e. The van der Waals surface area contributed by atoms with Crippen molar-refractivity contribution in [2.75, 3.05) is 34.2 Å². The van der Waals surface area contributed by atoms with E-state index in [4.69, 9.17) is 23.2 Å². The molecule has 0 aromatic heterocycles. The van der Waals surface area contributed by atoms with Gasteiger partial charge < -0.3 is 40.7 Å². The van der Waals surface area contributed by atoms with Crippen LogP contribution in [0.25, 0.3) is 0 Å². The van der Waals surface area contributed by atoms with Crippen LogP contribution >= 0.6 is 23.2 Å². The summed E-state index contributed by atoms with van der Waals surface area (Å²) in [5.74, 6) is -6.90. The van der Waals surface area contributed by atoms with Crippen LogP contribution < -0.4 is 16.0 Å². The first-order valence-corrected chi connectivity index (χ1v) is 21.4. The van der Waals surface area contributed by atoms with Gasteiger partial charge in [0.15, 0.2) is 0 Å². The van der Waals surface area contributed by atoms with Crippen molar-refractivity contribution >= 4 is 64.6 Å². The predicted octanol–water partition coefficient (Wildman–Crippen LogP) is 3.01. The Morgan fingerprint density at radius 2 is 1.65 bits per heavy atom. The van der Waals surface area contributed by atoms with Crippen molar-refractivity contribution in [1.29, 1.82) is 0 Å². The molecule has 62 heavy (non-hydrogen) atoms. The van der Waals surface area contributed by atoms with Crippen LogP contribution in [0.5, 0.6) is 0 Å². The molecular formula is C41H57Cl2F4N7O8. The van der Waals surface area contributed by atoms with Crippen LogP contribution in [0, 0.1) is 11.8 Å². The van der Waals surface area contributed by atoms with E-state index in [0.717, 1.165) is 4.90 Å². The minimum atomic E-state index is -5.43. The molecule has 346 valence electrons. The van der Waals surface area contributed by atoms with Crippen LogP contribution in [-0.4, -0.2) is 154 Å². The number of benzene rings is 1. The number of nitrogens with one attached hydrogen (secondary N) is 3. The summed E-state index contributed by atoms with van der Waals surface area (Å²) in [7, 11) is 4.25. The van der Waals surface area contributed by atoms with Gasteiger partial charge in [-0.15, -0.1) is 0 Å². The van der Waals surface area contributed by atoms with E-state index in [1.165, 1.54) is 30.8 Å². The normalized spacial score (nSPS) is 26.5. The highest BCUT2D eigenvalue weighted by Gasteiger charge is 2.59. The van der Waals surface area contributed by atoms with Crippen molar-refractivity contribution in [3.63, 3.8) is 0 Å². The zero-order valence-corrected chi connectivity index (χ0v) is 37.4. The van der Waals surface area contributed by atoms with E-state index in [1.807, 2.05) is 13.8 Å². The van der Waals surface area contributed by atoms with E-state index in [-0.39, 0.29) is 50.1 Å². The van der Waals surface area contributed by atoms with E-state index in [0.29, 0.717) is 34.7 Å². The van der Waals surface area contributed by atoms with Crippen LogP contribution in [-0.2, 0) is 40.0 Å². The van der Waals surface area contributed by atoms with Gasteiger partial charge >= 0.3 is 6.18 Å². The lowest BCUT2D eigenvalue weighted by atomic mass is 9.98. The third-order valence-corrected chi connectivity index (χ3v) is 12.3. The van der Waals surface area contributed by atoms with Gasteiger partial charge in [0, 0.05) is 50.6 Å². The standard InChI is InChI=1S/C41H57Cl2F4N7O8/c1-21(2)16-28-37(59)53(7)30(18-24-17-25(42)13-14-27(24)43)34(56)48-22(3)36(58)51(5)15-9-8-10-29(33(55)49-28)52(6)38(60)32(23-11-12-23)50-35(57)31-19-26(44)20-54(31)39(61)40(4,62)41(45,46)47/h13-14,17,21-23,26,28-32,62H,8-12,15-16,18-20H2,1-7H3,(H,48,56)(H,49,55)(H,50,57)/t22-,26-,28+,29+,30+,31+,32+,40-/m1/s1. The molecule has 0 unspecified atom stereocenters. The Labute approximate surface area is 368 Å². The van der Waals surface area contributed by atoms with Crippen LogP contribution in [0.4, 0.5) is 17.6 Å². The Balaban J connectivity index is 1.66. The van der Waals surface area contributed by atoms with Crippen LogP contribution in [0.1, 0.15) is 78.2 Å². The molecule has 7 amide bonds. The maximum Gasteiger partial charge on any atom is 0.426 e. The fraction of sp³-hybridized carbons (Fsp3) is 0.683. The Hall–Kier alpha value is -4.23. The molecule has 4 N–H and O–H groups in total. The fourth-order valence-corrected chi connectivity index (χ4v) is 8.15. The van der Waals surface area contributed by atoms with Crippen LogP contribution in [0.15, 0.2) is 18.2 Å². The number of likely N-dealkylation sites (N-methyl/N-ethyl adjacent to an activating group) is 3. The Kier molecular flexibility index (Phi) is 16.7. The van der Waals surface area contributed by atoms with Gasteiger partial charge in [-0.25, -0.2) is 4.39 Å². The number of alkyl halides is 4. The molecule has 2 saturated heterocycles. The number of halogens is 6. The van der Waals surface area contributed by atoms with Crippen molar-refractivity contribution < 1.29 is 56.2 Å². The van der Waals surface area contributed by atoms with Crippen molar-refractivity contribution in [3.05, 3.63) is 33.8 Å². The van der Waals surface area contributed by atoms with E-state index in [2.05, 4.69) is 16.0 Å². The zero-order chi connectivity index (χ0) is 46.6. The fourth-order valence-electron chi connectivity index (χ4n) is 7.76. The molecule has 0 radical (unpaired) electrons. The summed E-state index contributed by atoms with van der Waals surface area (Å²) in [4.78, 5) is 101. The molecular weight excluding hydrogens is 865 g/mol. The average Bonchev–Trinajstić information content (AvgIpc) is 3.96. The second kappa shape index (κ2) is 20.5. The molecule has 0 spiro atoms. The monoisotopic (exact) mass is 921 g/mol. The van der Waals surface area contributed by atoms with Gasteiger partial charge in [0.25, 0.3) is 5.91 Å². The van der Waals surface area contributed by atoms with Crippen molar-refractivity contribution in [3.8, 4) is 0 Å². The van der Waals surface area contributed by atoms with Crippen molar-refractivity contribution in [2.24, 2.45) is 11.8 Å². The number of hydrogen-bond donors (Lipinski definition) is 4. The van der Waals surface area contributed by atoms with E-state index in [9.17, 15) is 56.2 Å². The average molecular weight is 923 g/mol. The number of aliphatic hydroxyl groups is 1. The van der Waals surface area contributed by atoms with Crippen molar-refractivity contribution in [1.82, 2.24) is 35.6 Å². The molecule has 2 heterocycles. The van der Waals surface area contributed by atoms with Gasteiger partial charge in [0.05, 0.1) is 6.54 Å². The topological polar surface area (TPSA) is 189 Å². The number of nitrogens with zero attached hydrogens (tertiary/aromatic N) is 4. The summed E-state index contributed by atoms with van der Waals surface area (Å²) < 4.78 is 55.4. The first-order valence-electron chi connectivity index (χ1n) is 20.6. The van der Waals surface area contributed by atoms with E-state index in [1.54, 1.807) is 25.2 Å². The number of likely N-dealkylation sites (tertiary alicyclic amines) is 1. The molecule has 2 aliphatic heterocycles. The summed E-state index contributed by atoms with van der Waals surface area (Å²) in [6.07, 6.45) is -6.43. The molecule has 1 saturated carbocycles. The lowest BCUT2D eigenvalue weighted by Gasteiger charge is -2.36. The highest BCUT2D eigenvalue weighted by atomic mass is 35.5. The van der Waals surface area contributed by atoms with E-state index < -0.39 is 114 Å². The minimum Gasteiger partial charge on any atom is -0.373 e. The zero-order valence-electron chi connectivity index (χ0n) is 35.9. The molecule has 1 aromatic rings. The van der Waals surface area contributed by atoms with Gasteiger partial charge in [-0.05, 0) is 88.0 Å². The Morgan fingerprint density at radius 3 is 2.24 bits per heavy atom. The third kappa shape index (κ3) is 12.1. The summed E-state index contributed by atoms with van der Waals surface area (Å²) in [5.41, 5.74) is -3.48. The summed E-state index contributed by atoms with van der Waals surface area (Å²) in [5, 5.41) is 18.7. The molecule has 21 heteroatoms. The van der Waals surface area contributed by atoms with Gasteiger partial charge in [-0.2, -0.15) is 13.2 Å². The molecule has 1 aliphatic carbocycles. The summed E-state index contributed by atoms with van der Waals surface area (Å²) in [6, 6.07) is -3.16. The number of amides is 7. The highest BCUT2D eigenvalue weighted by molar-refractivity contribution is 6.33. The quantitative estimate of drug-likeness (QED) is 0.258. The molecule has 8 atom stereocenters. The maximum atomic E-state index is 14.7. The Bertz CT molecular complexity index is 1870. The second-order valence-corrected chi connectivity index (χ2v) is 18.1. The first-order chi connectivity index (χ1) is 28.8. The molecule has 0 bridgehead atoms. The van der Waals surface area contributed by atoms with Crippen LogP contribution in [0.2, 0.25) is 10.0 Å². The maximum absolute atomic E-state index is 14.7.